The van der Waals surface area contributed by atoms with Gasteiger partial charge < -0.3 is 5.32 Å². The molecule has 2 heteroatoms. The van der Waals surface area contributed by atoms with E-state index in [-0.39, 0.29) is 5.54 Å². The van der Waals surface area contributed by atoms with E-state index in [0.717, 1.165) is 12.6 Å². The zero-order valence-electron chi connectivity index (χ0n) is 10.6. The normalized spacial score (nSPS) is 28.1. The summed E-state index contributed by atoms with van der Waals surface area (Å²) in [6.45, 7) is 12.6. The highest BCUT2D eigenvalue weighted by molar-refractivity contribution is 4.92. The largest absolute Gasteiger partial charge is 0.312 e. The highest BCUT2D eigenvalue weighted by Crippen LogP contribution is 2.26. The minimum Gasteiger partial charge on any atom is -0.312 e. The van der Waals surface area contributed by atoms with Crippen LogP contribution in [0.3, 0.4) is 0 Å². The maximum Gasteiger partial charge on any atom is 0.0140 e. The highest BCUT2D eigenvalue weighted by atomic mass is 15.2. The van der Waals surface area contributed by atoms with E-state index < -0.39 is 0 Å². The van der Waals surface area contributed by atoms with E-state index in [1.54, 1.807) is 0 Å². The summed E-state index contributed by atoms with van der Waals surface area (Å²) in [6.07, 6.45) is 2.53. The lowest BCUT2D eigenvalue weighted by Crippen LogP contribution is -2.56. The Morgan fingerprint density at radius 3 is 2.29 bits per heavy atom. The SMILES string of the molecule is CN(C1CCNC(C)(C)C1)C(C)(C)C. The van der Waals surface area contributed by atoms with Crippen LogP contribution in [-0.2, 0) is 0 Å². The average Bonchev–Trinajstić information content (AvgIpc) is 1.99. The van der Waals surface area contributed by atoms with E-state index in [9.17, 15) is 0 Å². The summed E-state index contributed by atoms with van der Waals surface area (Å²) in [4.78, 5) is 2.52. The minimum absolute atomic E-state index is 0.290. The summed E-state index contributed by atoms with van der Waals surface area (Å²) in [6, 6.07) is 0.728. The molecule has 1 rings (SSSR count). The lowest BCUT2D eigenvalue weighted by atomic mass is 9.87. The summed E-state index contributed by atoms with van der Waals surface area (Å²) < 4.78 is 0. The van der Waals surface area contributed by atoms with Crippen LogP contribution in [0.2, 0.25) is 0 Å². The Kier molecular flexibility index (Phi) is 3.27. The molecule has 1 N–H and O–H groups in total. The van der Waals surface area contributed by atoms with Crippen LogP contribution in [0, 0.1) is 0 Å². The van der Waals surface area contributed by atoms with Crippen LogP contribution in [0.25, 0.3) is 0 Å². The van der Waals surface area contributed by atoms with Crippen LogP contribution in [0.4, 0.5) is 0 Å². The number of hydrogen-bond acceptors (Lipinski definition) is 2. The average molecular weight is 198 g/mol. The fourth-order valence-corrected chi connectivity index (χ4v) is 2.22. The van der Waals surface area contributed by atoms with Crippen molar-refractivity contribution in [2.75, 3.05) is 13.6 Å². The summed E-state index contributed by atoms with van der Waals surface area (Å²) in [5, 5.41) is 3.57. The molecule has 84 valence electrons. The number of hydrogen-bond donors (Lipinski definition) is 1. The van der Waals surface area contributed by atoms with Crippen LogP contribution in [0.15, 0.2) is 0 Å². The summed E-state index contributed by atoms with van der Waals surface area (Å²) in [7, 11) is 2.26. The second-order valence-electron chi connectivity index (χ2n) is 6.24. The van der Waals surface area contributed by atoms with Crippen molar-refractivity contribution in [2.24, 2.45) is 0 Å². The summed E-state index contributed by atoms with van der Waals surface area (Å²) >= 11 is 0. The third kappa shape index (κ3) is 2.96. The summed E-state index contributed by atoms with van der Waals surface area (Å²) in [5.74, 6) is 0. The molecule has 1 saturated heterocycles. The Balaban J connectivity index is 2.61. The van der Waals surface area contributed by atoms with Crippen molar-refractivity contribution in [3.05, 3.63) is 0 Å². The van der Waals surface area contributed by atoms with E-state index in [1.807, 2.05) is 0 Å². The monoisotopic (exact) mass is 198 g/mol. The van der Waals surface area contributed by atoms with Gasteiger partial charge in [0.1, 0.15) is 0 Å². The van der Waals surface area contributed by atoms with Gasteiger partial charge in [-0.25, -0.2) is 0 Å². The third-order valence-electron chi connectivity index (χ3n) is 3.43. The Labute approximate surface area is 89.1 Å². The molecule has 1 unspecified atom stereocenters. The van der Waals surface area contributed by atoms with Gasteiger partial charge in [-0.3, -0.25) is 4.90 Å². The molecule has 0 saturated carbocycles. The molecule has 1 aliphatic rings. The molecule has 1 atom stereocenters. The van der Waals surface area contributed by atoms with E-state index in [0.29, 0.717) is 5.54 Å². The van der Waals surface area contributed by atoms with E-state index in [2.05, 4.69) is 51.9 Å². The Morgan fingerprint density at radius 2 is 1.86 bits per heavy atom. The van der Waals surface area contributed by atoms with Crippen molar-refractivity contribution >= 4 is 0 Å². The molecular weight excluding hydrogens is 172 g/mol. The highest BCUT2D eigenvalue weighted by Gasteiger charge is 2.33. The smallest absolute Gasteiger partial charge is 0.0140 e. The van der Waals surface area contributed by atoms with E-state index >= 15 is 0 Å². The van der Waals surface area contributed by atoms with Gasteiger partial charge in [0.15, 0.2) is 0 Å². The van der Waals surface area contributed by atoms with Gasteiger partial charge in [-0.2, -0.15) is 0 Å². The van der Waals surface area contributed by atoms with E-state index in [1.165, 1.54) is 12.8 Å². The molecule has 0 bridgehead atoms. The van der Waals surface area contributed by atoms with Gasteiger partial charge in [-0.15, -0.1) is 0 Å². The van der Waals surface area contributed by atoms with Crippen molar-refractivity contribution in [3.8, 4) is 0 Å². The fourth-order valence-electron chi connectivity index (χ4n) is 2.22. The van der Waals surface area contributed by atoms with Gasteiger partial charge in [-0.05, 0) is 61.1 Å². The molecule has 0 aromatic heterocycles. The second-order valence-corrected chi connectivity index (χ2v) is 6.24. The van der Waals surface area contributed by atoms with Gasteiger partial charge in [0.25, 0.3) is 0 Å². The van der Waals surface area contributed by atoms with Crippen LogP contribution >= 0.6 is 0 Å². The molecule has 0 aliphatic carbocycles. The molecule has 0 aromatic rings. The summed E-state index contributed by atoms with van der Waals surface area (Å²) in [5.41, 5.74) is 0.598. The van der Waals surface area contributed by atoms with Crippen LogP contribution in [-0.4, -0.2) is 35.6 Å². The van der Waals surface area contributed by atoms with E-state index in [4.69, 9.17) is 0 Å². The lowest BCUT2D eigenvalue weighted by Gasteiger charge is -2.45. The van der Waals surface area contributed by atoms with Crippen molar-refractivity contribution in [1.29, 1.82) is 0 Å². The van der Waals surface area contributed by atoms with Crippen LogP contribution in [0.1, 0.15) is 47.5 Å². The number of piperidine rings is 1. The first-order valence-electron chi connectivity index (χ1n) is 5.70. The quantitative estimate of drug-likeness (QED) is 0.695. The first kappa shape index (κ1) is 12.0. The first-order chi connectivity index (χ1) is 6.22. The molecule has 1 heterocycles. The lowest BCUT2D eigenvalue weighted by molar-refractivity contribution is 0.0687. The first-order valence-corrected chi connectivity index (χ1v) is 5.70. The van der Waals surface area contributed by atoms with Gasteiger partial charge in [0.2, 0.25) is 0 Å². The predicted octanol–water partition coefficient (Wildman–Crippen LogP) is 2.25. The zero-order valence-corrected chi connectivity index (χ0v) is 10.6. The van der Waals surface area contributed by atoms with Crippen molar-refractivity contribution < 1.29 is 0 Å². The maximum absolute atomic E-state index is 3.57. The Hall–Kier alpha value is -0.0800. The maximum atomic E-state index is 3.57. The second kappa shape index (κ2) is 3.82. The van der Waals surface area contributed by atoms with Gasteiger partial charge in [-0.1, -0.05) is 0 Å². The van der Waals surface area contributed by atoms with Crippen LogP contribution < -0.4 is 5.32 Å². The topological polar surface area (TPSA) is 15.3 Å². The molecule has 0 radical (unpaired) electrons. The molecular formula is C12H26N2. The van der Waals surface area contributed by atoms with Gasteiger partial charge in [0.05, 0.1) is 0 Å². The molecule has 0 aromatic carbocycles. The van der Waals surface area contributed by atoms with Crippen molar-refractivity contribution in [2.45, 2.75) is 64.6 Å². The third-order valence-corrected chi connectivity index (χ3v) is 3.43. The Bertz CT molecular complexity index is 188. The Morgan fingerprint density at radius 1 is 1.29 bits per heavy atom. The van der Waals surface area contributed by atoms with Gasteiger partial charge >= 0.3 is 0 Å². The molecule has 1 fully saturated rings. The number of nitrogens with one attached hydrogen (secondary N) is 1. The molecule has 0 amide bonds. The number of nitrogens with zero attached hydrogens (tertiary/aromatic N) is 1. The van der Waals surface area contributed by atoms with Crippen molar-refractivity contribution in [1.82, 2.24) is 10.2 Å². The van der Waals surface area contributed by atoms with Gasteiger partial charge in [0, 0.05) is 17.1 Å². The van der Waals surface area contributed by atoms with Crippen molar-refractivity contribution in [3.63, 3.8) is 0 Å². The minimum atomic E-state index is 0.290. The molecule has 1 aliphatic heterocycles. The molecule has 2 nitrogen and oxygen atoms in total. The van der Waals surface area contributed by atoms with Crippen LogP contribution in [0.5, 0.6) is 0 Å². The molecule has 0 spiro atoms. The number of rotatable bonds is 1. The molecule has 14 heavy (non-hydrogen) atoms. The fraction of sp³-hybridized carbons (Fsp3) is 1.00. The standard InChI is InChI=1S/C12H26N2/c1-11(2,3)14(6)10-7-8-13-12(4,5)9-10/h10,13H,7-9H2,1-6H3. The predicted molar refractivity (Wildman–Crippen MR) is 62.6 cm³/mol. The zero-order chi connectivity index (χ0) is 11.0.